The third-order valence-corrected chi connectivity index (χ3v) is 5.49. The molecule has 2 atom stereocenters. The van der Waals surface area contributed by atoms with Crippen LogP contribution >= 0.6 is 0 Å². The number of amides is 1. The van der Waals surface area contributed by atoms with Gasteiger partial charge in [0.15, 0.2) is 0 Å². The summed E-state index contributed by atoms with van der Waals surface area (Å²) < 4.78 is 18.6. The highest BCUT2D eigenvalue weighted by Crippen LogP contribution is 2.25. The molecule has 28 heavy (non-hydrogen) atoms. The first-order valence-corrected chi connectivity index (χ1v) is 9.85. The van der Waals surface area contributed by atoms with Gasteiger partial charge in [0.2, 0.25) is 5.91 Å². The van der Waals surface area contributed by atoms with Gasteiger partial charge in [-0.05, 0) is 30.4 Å². The average Bonchev–Trinajstić information content (AvgIpc) is 2.70. The van der Waals surface area contributed by atoms with Gasteiger partial charge in [0.05, 0.1) is 5.56 Å². The second-order valence-electron chi connectivity index (χ2n) is 8.21. The highest BCUT2D eigenvalue weighted by atomic mass is 19.1. The van der Waals surface area contributed by atoms with Crippen molar-refractivity contribution in [2.45, 2.75) is 58.1 Å². The Morgan fingerprint density at radius 3 is 2.57 bits per heavy atom. The fourth-order valence-corrected chi connectivity index (χ4v) is 3.43. The van der Waals surface area contributed by atoms with Crippen LogP contribution in [-0.2, 0) is 9.53 Å². The van der Waals surface area contributed by atoms with Crippen LogP contribution in [-0.4, -0.2) is 42.3 Å². The molecule has 1 aliphatic rings. The predicted octanol–water partition coefficient (Wildman–Crippen LogP) is 2.39. The van der Waals surface area contributed by atoms with E-state index < -0.39 is 29.3 Å². The Bertz CT molecular complexity index is 674. The van der Waals surface area contributed by atoms with Gasteiger partial charge in [0.1, 0.15) is 18.5 Å². The number of halogens is 1. The molecule has 0 spiro atoms. The lowest BCUT2D eigenvalue weighted by Crippen LogP contribution is -2.53. The molecule has 1 amide bonds. The molecular weight excluding hydrogens is 363 g/mol. The Balaban J connectivity index is 1.82. The molecule has 156 valence electrons. The minimum Gasteiger partial charge on any atom is -0.459 e. The molecule has 4 N–H and O–H groups in total. The van der Waals surface area contributed by atoms with Crippen molar-refractivity contribution in [1.29, 1.82) is 0 Å². The lowest BCUT2D eigenvalue weighted by molar-refractivity contribution is -0.126. The molecule has 2 rings (SSSR count). The molecule has 0 saturated heterocycles. The van der Waals surface area contributed by atoms with E-state index in [1.807, 2.05) is 13.8 Å². The van der Waals surface area contributed by atoms with Gasteiger partial charge in [0.25, 0.3) is 0 Å². The van der Waals surface area contributed by atoms with E-state index in [1.54, 1.807) is 0 Å². The Kier molecular flexibility index (Phi) is 7.95. The zero-order chi connectivity index (χ0) is 20.7. The van der Waals surface area contributed by atoms with E-state index in [0.717, 1.165) is 31.7 Å². The molecule has 0 heterocycles. The minimum absolute atomic E-state index is 0.0282. The van der Waals surface area contributed by atoms with Gasteiger partial charge in [0, 0.05) is 18.5 Å². The van der Waals surface area contributed by atoms with Crippen LogP contribution in [0.2, 0.25) is 0 Å². The first-order valence-electron chi connectivity index (χ1n) is 9.85. The van der Waals surface area contributed by atoms with Crippen LogP contribution in [0.25, 0.3) is 0 Å². The molecule has 6 nitrogen and oxygen atoms in total. The fourth-order valence-electron chi connectivity index (χ4n) is 3.43. The molecule has 2 unspecified atom stereocenters. The molecule has 1 aliphatic carbocycles. The maximum Gasteiger partial charge on any atom is 0.341 e. The van der Waals surface area contributed by atoms with E-state index in [2.05, 4.69) is 5.32 Å². The number of nitrogens with one attached hydrogen (secondary N) is 1. The number of benzene rings is 1. The molecule has 0 bridgehead atoms. The fraction of sp³-hybridized carbons (Fsp3) is 0.619. The van der Waals surface area contributed by atoms with E-state index in [-0.39, 0.29) is 24.0 Å². The summed E-state index contributed by atoms with van der Waals surface area (Å²) in [6.45, 7) is 3.62. The maximum absolute atomic E-state index is 13.6. The van der Waals surface area contributed by atoms with Crippen LogP contribution < -0.4 is 11.1 Å². The second-order valence-corrected chi connectivity index (χ2v) is 8.21. The Morgan fingerprint density at radius 2 is 1.93 bits per heavy atom. The van der Waals surface area contributed by atoms with Gasteiger partial charge >= 0.3 is 5.97 Å². The van der Waals surface area contributed by atoms with Crippen molar-refractivity contribution < 1.29 is 23.8 Å². The predicted molar refractivity (Wildman–Crippen MR) is 104 cm³/mol. The van der Waals surface area contributed by atoms with Gasteiger partial charge in [-0.15, -0.1) is 0 Å². The summed E-state index contributed by atoms with van der Waals surface area (Å²) in [5.74, 6) is -1.46. The number of rotatable bonds is 8. The molecule has 0 radical (unpaired) electrons. The van der Waals surface area contributed by atoms with Crippen molar-refractivity contribution in [1.82, 2.24) is 5.32 Å². The second kappa shape index (κ2) is 9.98. The van der Waals surface area contributed by atoms with Crippen molar-refractivity contribution in [3.63, 3.8) is 0 Å². The Hall–Kier alpha value is -1.99. The Morgan fingerprint density at radius 1 is 1.29 bits per heavy atom. The average molecular weight is 394 g/mol. The highest BCUT2D eigenvalue weighted by molar-refractivity contribution is 5.89. The summed E-state index contributed by atoms with van der Waals surface area (Å²) in [7, 11) is 0. The number of hydrogen-bond donors (Lipinski definition) is 3. The third-order valence-electron chi connectivity index (χ3n) is 5.49. The summed E-state index contributed by atoms with van der Waals surface area (Å²) >= 11 is 0. The molecular formula is C21H31FN2O4. The minimum atomic E-state index is -1.14. The molecule has 1 saturated carbocycles. The number of carbonyl (C=O) groups is 2. The van der Waals surface area contributed by atoms with Gasteiger partial charge in [-0.1, -0.05) is 45.2 Å². The molecule has 7 heteroatoms. The quantitative estimate of drug-likeness (QED) is 0.588. The zero-order valence-electron chi connectivity index (χ0n) is 16.6. The Labute approximate surface area is 165 Å². The highest BCUT2D eigenvalue weighted by Gasteiger charge is 2.34. The van der Waals surface area contributed by atoms with E-state index in [4.69, 9.17) is 10.5 Å². The van der Waals surface area contributed by atoms with Crippen molar-refractivity contribution >= 4 is 11.9 Å². The van der Waals surface area contributed by atoms with E-state index in [9.17, 15) is 19.1 Å². The van der Waals surface area contributed by atoms with Crippen LogP contribution in [0.3, 0.4) is 0 Å². The van der Waals surface area contributed by atoms with Gasteiger partial charge in [-0.25, -0.2) is 9.18 Å². The van der Waals surface area contributed by atoms with Crippen LogP contribution in [0.4, 0.5) is 4.39 Å². The van der Waals surface area contributed by atoms with Crippen LogP contribution in [0.15, 0.2) is 24.3 Å². The number of hydrogen-bond acceptors (Lipinski definition) is 5. The maximum atomic E-state index is 13.6. The number of aliphatic hydroxyl groups is 1. The third kappa shape index (κ3) is 6.01. The normalized spacial score (nSPS) is 17.6. The molecule has 1 aromatic carbocycles. The van der Waals surface area contributed by atoms with E-state index in [1.165, 1.54) is 24.6 Å². The standard InChI is InChI=1S/C21H31FN2O4/c1-21(2,13-24-19(26)14-8-4-3-5-9-14)18(23)17(25)12-28-20(27)15-10-6-7-11-16(15)22/h6-7,10-11,14,17-18,25H,3-5,8-9,12-13,23H2,1-2H3,(H,24,26). The summed E-state index contributed by atoms with van der Waals surface area (Å²) in [5.41, 5.74) is 5.34. The lowest BCUT2D eigenvalue weighted by Gasteiger charge is -2.35. The van der Waals surface area contributed by atoms with Crippen LogP contribution in [0.5, 0.6) is 0 Å². The largest absolute Gasteiger partial charge is 0.459 e. The van der Waals surface area contributed by atoms with Crippen molar-refractivity contribution in [2.75, 3.05) is 13.2 Å². The van der Waals surface area contributed by atoms with Gasteiger partial charge in [-0.2, -0.15) is 0 Å². The zero-order valence-corrected chi connectivity index (χ0v) is 16.6. The van der Waals surface area contributed by atoms with Crippen LogP contribution in [0, 0.1) is 17.2 Å². The van der Waals surface area contributed by atoms with Crippen molar-refractivity contribution in [2.24, 2.45) is 17.1 Å². The topological polar surface area (TPSA) is 102 Å². The SMILES string of the molecule is CC(C)(CNC(=O)C1CCCCC1)C(N)C(O)COC(=O)c1ccccc1F. The number of nitrogens with two attached hydrogens (primary N) is 1. The van der Waals surface area contributed by atoms with Crippen LogP contribution in [0.1, 0.15) is 56.3 Å². The smallest absolute Gasteiger partial charge is 0.341 e. The lowest BCUT2D eigenvalue weighted by atomic mass is 9.81. The van der Waals surface area contributed by atoms with E-state index >= 15 is 0 Å². The molecule has 0 aliphatic heterocycles. The first kappa shape index (κ1) is 22.3. The summed E-state index contributed by atoms with van der Waals surface area (Å²) in [5, 5.41) is 13.3. The summed E-state index contributed by atoms with van der Waals surface area (Å²) in [4.78, 5) is 24.3. The monoisotopic (exact) mass is 394 g/mol. The number of carbonyl (C=O) groups excluding carboxylic acids is 2. The molecule has 1 aromatic rings. The van der Waals surface area contributed by atoms with Crippen molar-refractivity contribution in [3.05, 3.63) is 35.6 Å². The first-order chi connectivity index (χ1) is 13.2. The van der Waals surface area contributed by atoms with Crippen molar-refractivity contribution in [3.8, 4) is 0 Å². The summed E-state index contributed by atoms with van der Waals surface area (Å²) in [6, 6.07) is 4.74. The number of aliphatic hydroxyl groups excluding tert-OH is 1. The number of ether oxygens (including phenoxy) is 1. The summed E-state index contributed by atoms with van der Waals surface area (Å²) in [6.07, 6.45) is 4.01. The molecule has 0 aromatic heterocycles. The van der Waals surface area contributed by atoms with Gasteiger partial charge in [-0.3, -0.25) is 4.79 Å². The molecule has 1 fully saturated rings. The van der Waals surface area contributed by atoms with Gasteiger partial charge < -0.3 is 20.9 Å². The van der Waals surface area contributed by atoms with E-state index in [0.29, 0.717) is 6.54 Å². The number of esters is 1.